The molecule has 0 saturated carbocycles. The molecule has 0 radical (unpaired) electrons. The molecule has 2 aromatic rings. The van der Waals surface area contributed by atoms with Gasteiger partial charge in [-0.2, -0.15) is 0 Å². The second-order valence-corrected chi connectivity index (χ2v) is 6.44. The van der Waals surface area contributed by atoms with E-state index in [0.29, 0.717) is 0 Å². The standard InChI is InChI=1S/C18H21BrN2/c1-14-5-4-6-17(18(14)19)20-13-15-7-9-16(10-8-15)21-11-2-3-12-21/h4-10,20H,2-3,11-13H2,1H3. The Labute approximate surface area is 135 Å². The number of halogens is 1. The van der Waals surface area contributed by atoms with Crippen LogP contribution in [-0.4, -0.2) is 13.1 Å². The van der Waals surface area contributed by atoms with Crippen molar-refractivity contribution in [3.05, 3.63) is 58.1 Å². The second-order valence-electron chi connectivity index (χ2n) is 5.65. The zero-order chi connectivity index (χ0) is 14.7. The van der Waals surface area contributed by atoms with Crippen LogP contribution in [0.5, 0.6) is 0 Å². The lowest BCUT2D eigenvalue weighted by Gasteiger charge is -2.18. The average Bonchev–Trinajstić information content (AvgIpc) is 3.04. The van der Waals surface area contributed by atoms with Crippen LogP contribution >= 0.6 is 15.9 Å². The van der Waals surface area contributed by atoms with Crippen molar-refractivity contribution in [2.75, 3.05) is 23.3 Å². The summed E-state index contributed by atoms with van der Waals surface area (Å²) < 4.78 is 1.15. The molecule has 3 rings (SSSR count). The molecule has 0 aromatic heterocycles. The van der Waals surface area contributed by atoms with Gasteiger partial charge in [-0.1, -0.05) is 24.3 Å². The summed E-state index contributed by atoms with van der Waals surface area (Å²) in [6, 6.07) is 15.2. The summed E-state index contributed by atoms with van der Waals surface area (Å²) in [6.45, 7) is 5.37. The van der Waals surface area contributed by atoms with Crippen LogP contribution in [0.2, 0.25) is 0 Å². The van der Waals surface area contributed by atoms with Crippen LogP contribution in [-0.2, 0) is 6.54 Å². The molecule has 1 aliphatic heterocycles. The molecule has 1 fully saturated rings. The molecule has 21 heavy (non-hydrogen) atoms. The zero-order valence-corrected chi connectivity index (χ0v) is 14.0. The Kier molecular flexibility index (Phi) is 4.49. The summed E-state index contributed by atoms with van der Waals surface area (Å²) in [5, 5.41) is 3.50. The van der Waals surface area contributed by atoms with Gasteiger partial charge in [-0.3, -0.25) is 0 Å². The normalized spacial score (nSPS) is 14.5. The Morgan fingerprint density at radius 3 is 2.48 bits per heavy atom. The highest BCUT2D eigenvalue weighted by atomic mass is 79.9. The summed E-state index contributed by atoms with van der Waals surface area (Å²) in [5.41, 5.74) is 5.07. The highest BCUT2D eigenvalue weighted by molar-refractivity contribution is 9.10. The minimum Gasteiger partial charge on any atom is -0.380 e. The molecule has 1 saturated heterocycles. The van der Waals surface area contributed by atoms with E-state index in [1.807, 2.05) is 0 Å². The molecule has 0 aliphatic carbocycles. The third-order valence-electron chi connectivity index (χ3n) is 4.08. The largest absolute Gasteiger partial charge is 0.380 e. The van der Waals surface area contributed by atoms with Gasteiger partial charge < -0.3 is 10.2 Å². The molecule has 2 aromatic carbocycles. The van der Waals surface area contributed by atoms with E-state index in [4.69, 9.17) is 0 Å². The fraction of sp³-hybridized carbons (Fsp3) is 0.333. The van der Waals surface area contributed by atoms with Crippen molar-refractivity contribution in [2.45, 2.75) is 26.3 Å². The minimum atomic E-state index is 0.850. The third-order valence-corrected chi connectivity index (χ3v) is 5.13. The number of nitrogens with zero attached hydrogens (tertiary/aromatic N) is 1. The highest BCUT2D eigenvalue weighted by Crippen LogP contribution is 2.26. The Morgan fingerprint density at radius 1 is 1.05 bits per heavy atom. The van der Waals surface area contributed by atoms with Gasteiger partial charge >= 0.3 is 0 Å². The van der Waals surface area contributed by atoms with Crippen molar-refractivity contribution in [3.63, 3.8) is 0 Å². The predicted octanol–water partition coefficient (Wildman–Crippen LogP) is 4.97. The van der Waals surface area contributed by atoms with E-state index >= 15 is 0 Å². The van der Waals surface area contributed by atoms with Gasteiger partial charge in [0.25, 0.3) is 0 Å². The molecule has 3 heteroatoms. The minimum absolute atomic E-state index is 0.850. The van der Waals surface area contributed by atoms with Crippen molar-refractivity contribution < 1.29 is 0 Å². The number of anilines is 2. The van der Waals surface area contributed by atoms with Crippen LogP contribution in [0.25, 0.3) is 0 Å². The smallest absolute Gasteiger partial charge is 0.0490 e. The van der Waals surface area contributed by atoms with Crippen LogP contribution in [0, 0.1) is 6.92 Å². The number of rotatable bonds is 4. The summed E-state index contributed by atoms with van der Waals surface area (Å²) in [6.07, 6.45) is 2.65. The Morgan fingerprint density at radius 2 is 1.76 bits per heavy atom. The monoisotopic (exact) mass is 344 g/mol. The number of nitrogens with one attached hydrogen (secondary N) is 1. The summed E-state index contributed by atoms with van der Waals surface area (Å²) in [4.78, 5) is 2.47. The van der Waals surface area contributed by atoms with E-state index in [2.05, 4.69) is 75.5 Å². The summed E-state index contributed by atoms with van der Waals surface area (Å²) >= 11 is 3.64. The Balaban J connectivity index is 1.64. The van der Waals surface area contributed by atoms with Crippen LogP contribution in [0.3, 0.4) is 0 Å². The van der Waals surface area contributed by atoms with Gasteiger partial charge in [-0.15, -0.1) is 0 Å². The lowest BCUT2D eigenvalue weighted by molar-refractivity contribution is 0.949. The van der Waals surface area contributed by atoms with E-state index in [-0.39, 0.29) is 0 Å². The molecule has 110 valence electrons. The first-order chi connectivity index (χ1) is 10.2. The summed E-state index contributed by atoms with van der Waals surface area (Å²) in [5.74, 6) is 0. The van der Waals surface area contributed by atoms with Crippen LogP contribution < -0.4 is 10.2 Å². The molecule has 1 N–H and O–H groups in total. The Hall–Kier alpha value is -1.48. The topological polar surface area (TPSA) is 15.3 Å². The van der Waals surface area contributed by atoms with Gasteiger partial charge in [0.05, 0.1) is 0 Å². The molecule has 1 aliphatic rings. The van der Waals surface area contributed by atoms with E-state index in [1.54, 1.807) is 0 Å². The van der Waals surface area contributed by atoms with Gasteiger partial charge in [-0.25, -0.2) is 0 Å². The van der Waals surface area contributed by atoms with Gasteiger partial charge in [-0.05, 0) is 65.0 Å². The fourth-order valence-electron chi connectivity index (χ4n) is 2.78. The maximum Gasteiger partial charge on any atom is 0.0490 e. The van der Waals surface area contributed by atoms with E-state index < -0.39 is 0 Å². The Bertz CT molecular complexity index is 601. The van der Waals surface area contributed by atoms with Crippen LogP contribution in [0.4, 0.5) is 11.4 Å². The molecule has 0 bridgehead atoms. The van der Waals surface area contributed by atoms with Gasteiger partial charge in [0, 0.05) is 35.5 Å². The third kappa shape index (κ3) is 3.41. The number of hydrogen-bond donors (Lipinski definition) is 1. The van der Waals surface area contributed by atoms with E-state index in [0.717, 1.165) is 16.7 Å². The van der Waals surface area contributed by atoms with Gasteiger partial charge in [0.15, 0.2) is 0 Å². The van der Waals surface area contributed by atoms with Crippen molar-refractivity contribution in [1.29, 1.82) is 0 Å². The lowest BCUT2D eigenvalue weighted by Crippen LogP contribution is -2.17. The first kappa shape index (κ1) is 14.5. The van der Waals surface area contributed by atoms with E-state index in [9.17, 15) is 0 Å². The first-order valence-corrected chi connectivity index (χ1v) is 8.36. The maximum absolute atomic E-state index is 3.64. The number of hydrogen-bond acceptors (Lipinski definition) is 2. The predicted molar refractivity (Wildman–Crippen MR) is 94.1 cm³/mol. The fourth-order valence-corrected chi connectivity index (χ4v) is 3.19. The van der Waals surface area contributed by atoms with Crippen molar-refractivity contribution in [3.8, 4) is 0 Å². The number of aryl methyl sites for hydroxylation is 1. The molecular formula is C18H21BrN2. The molecule has 0 atom stereocenters. The van der Waals surface area contributed by atoms with Crippen LogP contribution in [0.15, 0.2) is 46.9 Å². The lowest BCUT2D eigenvalue weighted by atomic mass is 10.1. The molecule has 2 nitrogen and oxygen atoms in total. The summed E-state index contributed by atoms with van der Waals surface area (Å²) in [7, 11) is 0. The molecule has 0 spiro atoms. The molecule has 0 amide bonds. The molecule has 0 unspecified atom stereocenters. The van der Waals surface area contributed by atoms with Crippen molar-refractivity contribution in [2.24, 2.45) is 0 Å². The number of benzene rings is 2. The van der Waals surface area contributed by atoms with Crippen molar-refractivity contribution >= 4 is 27.3 Å². The van der Waals surface area contributed by atoms with E-state index in [1.165, 1.54) is 42.7 Å². The zero-order valence-electron chi connectivity index (χ0n) is 12.4. The van der Waals surface area contributed by atoms with Gasteiger partial charge in [0.2, 0.25) is 0 Å². The molecule has 1 heterocycles. The molecular weight excluding hydrogens is 324 g/mol. The van der Waals surface area contributed by atoms with Crippen molar-refractivity contribution in [1.82, 2.24) is 0 Å². The maximum atomic E-state index is 3.64. The second kappa shape index (κ2) is 6.52. The van der Waals surface area contributed by atoms with Crippen LogP contribution in [0.1, 0.15) is 24.0 Å². The average molecular weight is 345 g/mol. The first-order valence-electron chi connectivity index (χ1n) is 7.57. The SMILES string of the molecule is Cc1cccc(NCc2ccc(N3CCCC3)cc2)c1Br. The van der Waals surface area contributed by atoms with Gasteiger partial charge in [0.1, 0.15) is 0 Å². The quantitative estimate of drug-likeness (QED) is 0.842. The highest BCUT2D eigenvalue weighted by Gasteiger charge is 2.11.